The molecule has 0 radical (unpaired) electrons. The number of thiazole rings is 1. The van der Waals surface area contributed by atoms with Crippen molar-refractivity contribution in [3.8, 4) is 11.5 Å². The zero-order valence-corrected chi connectivity index (χ0v) is 20.8. The molecule has 0 fully saturated rings. The van der Waals surface area contributed by atoms with Crippen LogP contribution >= 0.6 is 11.3 Å². The minimum absolute atomic E-state index is 0.139. The summed E-state index contributed by atoms with van der Waals surface area (Å²) in [6.45, 7) is 5.64. The summed E-state index contributed by atoms with van der Waals surface area (Å²) in [5.74, 6) is -0.0752. The van der Waals surface area contributed by atoms with Crippen LogP contribution in [0, 0.1) is 10.1 Å². The number of furan rings is 1. The summed E-state index contributed by atoms with van der Waals surface area (Å²) in [6, 6.07) is 6.92. The molecule has 1 aromatic carbocycles. The predicted molar refractivity (Wildman–Crippen MR) is 130 cm³/mol. The number of benzene rings is 1. The fourth-order valence-corrected chi connectivity index (χ4v) is 4.97. The van der Waals surface area contributed by atoms with Gasteiger partial charge in [-0.25, -0.2) is 9.79 Å². The Morgan fingerprint density at radius 3 is 2.69 bits per heavy atom. The van der Waals surface area contributed by atoms with E-state index in [-0.39, 0.29) is 22.5 Å². The summed E-state index contributed by atoms with van der Waals surface area (Å²) in [4.78, 5) is 41.9. The Bertz CT molecular complexity index is 1550. The number of ether oxygens (including phenoxy) is 3. The van der Waals surface area contributed by atoms with E-state index >= 15 is 0 Å². The van der Waals surface area contributed by atoms with Crippen molar-refractivity contribution in [2.75, 3.05) is 20.3 Å². The fraction of sp³-hybridized carbons (Fsp3) is 0.292. The number of nitrogens with zero attached hydrogens (tertiary/aromatic N) is 3. The van der Waals surface area contributed by atoms with Crippen LogP contribution in [0.25, 0.3) is 6.08 Å². The Hall–Kier alpha value is -4.19. The third kappa shape index (κ3) is 4.42. The number of para-hydroxylation sites is 1. The van der Waals surface area contributed by atoms with Gasteiger partial charge in [-0.3, -0.25) is 19.5 Å². The lowest BCUT2D eigenvalue weighted by Crippen LogP contribution is -2.40. The van der Waals surface area contributed by atoms with Crippen molar-refractivity contribution in [2.45, 2.75) is 26.8 Å². The summed E-state index contributed by atoms with van der Waals surface area (Å²) in [7, 11) is 1.50. The van der Waals surface area contributed by atoms with Gasteiger partial charge in [0.25, 0.3) is 5.56 Å². The van der Waals surface area contributed by atoms with E-state index in [1.807, 2.05) is 6.92 Å². The maximum Gasteiger partial charge on any atom is 0.433 e. The summed E-state index contributed by atoms with van der Waals surface area (Å²) in [6.07, 6.45) is 1.41. The summed E-state index contributed by atoms with van der Waals surface area (Å²) in [5.41, 5.74) is 0.654. The van der Waals surface area contributed by atoms with Crippen LogP contribution in [-0.4, -0.2) is 35.8 Å². The van der Waals surface area contributed by atoms with Crippen molar-refractivity contribution in [3.05, 3.63) is 82.7 Å². The molecule has 4 rings (SSSR count). The van der Waals surface area contributed by atoms with E-state index in [1.54, 1.807) is 32.0 Å². The van der Waals surface area contributed by atoms with Gasteiger partial charge >= 0.3 is 11.9 Å². The lowest BCUT2D eigenvalue weighted by molar-refractivity contribution is -0.402. The molecule has 0 aliphatic carbocycles. The number of nitro groups is 1. The lowest BCUT2D eigenvalue weighted by atomic mass is 9.94. The van der Waals surface area contributed by atoms with E-state index in [9.17, 15) is 19.7 Å². The third-order valence-electron chi connectivity index (χ3n) is 5.40. The van der Waals surface area contributed by atoms with Crippen molar-refractivity contribution < 1.29 is 28.3 Å². The minimum Gasteiger partial charge on any atom is -0.493 e. The first-order valence-electron chi connectivity index (χ1n) is 11.0. The molecular formula is C24H23N3O8S. The third-order valence-corrected chi connectivity index (χ3v) is 6.38. The maximum absolute atomic E-state index is 13.7. The molecule has 11 nitrogen and oxygen atoms in total. The number of hydrogen-bond donors (Lipinski definition) is 0. The minimum atomic E-state index is -0.912. The van der Waals surface area contributed by atoms with Crippen LogP contribution in [0.4, 0.5) is 5.88 Å². The first-order valence-corrected chi connectivity index (χ1v) is 11.9. The smallest absolute Gasteiger partial charge is 0.433 e. The van der Waals surface area contributed by atoms with Gasteiger partial charge in [-0.15, -0.1) is 0 Å². The molecule has 0 saturated heterocycles. The van der Waals surface area contributed by atoms with Crippen LogP contribution in [0.3, 0.4) is 0 Å². The zero-order valence-electron chi connectivity index (χ0n) is 20.0. The lowest BCUT2D eigenvalue weighted by Gasteiger charge is -2.26. The van der Waals surface area contributed by atoms with Gasteiger partial charge in [-0.1, -0.05) is 23.5 Å². The molecule has 2 aromatic heterocycles. The number of carbonyl (C=O) groups is 1. The molecule has 1 aliphatic rings. The molecule has 0 N–H and O–H groups in total. The van der Waals surface area contributed by atoms with Gasteiger partial charge in [0.15, 0.2) is 16.3 Å². The van der Waals surface area contributed by atoms with Crippen LogP contribution in [0.2, 0.25) is 0 Å². The largest absolute Gasteiger partial charge is 0.493 e. The molecule has 0 unspecified atom stereocenters. The standard InChI is InChI=1S/C24H23N3O8S/c1-5-33-21-15(8-7-9-16(21)32-4)20-19(23(29)34-6-2)13(3)25-24-26(20)22(28)17(36-24)12-14-10-11-18(35-14)27(30)31/h7-12,20H,5-6H2,1-4H3/b17-12+/t20-/m1/s1. The number of fused-ring (bicyclic) bond motifs is 1. The molecule has 0 amide bonds. The van der Waals surface area contributed by atoms with Gasteiger partial charge in [0.05, 0.1) is 42.2 Å². The van der Waals surface area contributed by atoms with Crippen LogP contribution in [-0.2, 0) is 9.53 Å². The summed E-state index contributed by atoms with van der Waals surface area (Å²) in [5, 5.41) is 11.0. The molecule has 0 bridgehead atoms. The molecule has 36 heavy (non-hydrogen) atoms. The molecule has 0 saturated carbocycles. The second-order valence-electron chi connectivity index (χ2n) is 7.55. The molecule has 12 heteroatoms. The van der Waals surface area contributed by atoms with Crippen molar-refractivity contribution >= 4 is 29.3 Å². The molecular weight excluding hydrogens is 490 g/mol. The van der Waals surface area contributed by atoms with Gasteiger partial charge in [-0.2, -0.15) is 0 Å². The van der Waals surface area contributed by atoms with Crippen molar-refractivity contribution in [2.24, 2.45) is 4.99 Å². The number of allylic oxidation sites excluding steroid dienone is 1. The number of hydrogen-bond acceptors (Lipinski definition) is 10. The summed E-state index contributed by atoms with van der Waals surface area (Å²) >= 11 is 1.07. The van der Waals surface area contributed by atoms with Crippen LogP contribution in [0.15, 0.2) is 55.8 Å². The van der Waals surface area contributed by atoms with E-state index in [2.05, 4.69) is 4.99 Å². The fourth-order valence-electron chi connectivity index (χ4n) is 3.94. The Morgan fingerprint density at radius 2 is 2.06 bits per heavy atom. The molecule has 1 atom stereocenters. The first-order chi connectivity index (χ1) is 17.3. The first kappa shape index (κ1) is 24.9. The highest BCUT2D eigenvalue weighted by Gasteiger charge is 2.36. The second-order valence-corrected chi connectivity index (χ2v) is 8.56. The van der Waals surface area contributed by atoms with Crippen molar-refractivity contribution in [3.63, 3.8) is 0 Å². The van der Waals surface area contributed by atoms with Gasteiger partial charge in [0, 0.05) is 11.6 Å². The van der Waals surface area contributed by atoms with E-state index in [4.69, 9.17) is 18.6 Å². The molecule has 188 valence electrons. The quantitative estimate of drug-likeness (QED) is 0.255. The average Bonchev–Trinajstić information content (AvgIpc) is 3.43. The highest BCUT2D eigenvalue weighted by molar-refractivity contribution is 7.07. The van der Waals surface area contributed by atoms with E-state index in [1.165, 1.54) is 29.9 Å². The Labute approximate surface area is 208 Å². The number of methoxy groups -OCH3 is 1. The van der Waals surface area contributed by atoms with Crippen molar-refractivity contribution in [1.82, 2.24) is 4.57 Å². The maximum atomic E-state index is 13.7. The van der Waals surface area contributed by atoms with E-state index < -0.39 is 28.4 Å². The normalized spacial score (nSPS) is 15.3. The van der Waals surface area contributed by atoms with Gasteiger partial charge in [-0.05, 0) is 32.9 Å². The van der Waals surface area contributed by atoms with Gasteiger partial charge in [0.2, 0.25) is 0 Å². The van der Waals surface area contributed by atoms with Crippen LogP contribution in [0.5, 0.6) is 11.5 Å². The van der Waals surface area contributed by atoms with E-state index in [0.717, 1.165) is 11.3 Å². The Kier molecular flexibility index (Phi) is 7.06. The van der Waals surface area contributed by atoms with Gasteiger partial charge in [0.1, 0.15) is 16.7 Å². The molecule has 3 heterocycles. The molecule has 1 aliphatic heterocycles. The topological polar surface area (TPSA) is 135 Å². The zero-order chi connectivity index (χ0) is 26.0. The average molecular weight is 514 g/mol. The molecule has 3 aromatic rings. The highest BCUT2D eigenvalue weighted by Crippen LogP contribution is 2.40. The highest BCUT2D eigenvalue weighted by atomic mass is 32.1. The predicted octanol–water partition coefficient (Wildman–Crippen LogP) is 2.71. The van der Waals surface area contributed by atoms with E-state index in [0.29, 0.717) is 34.2 Å². The van der Waals surface area contributed by atoms with Crippen LogP contribution < -0.4 is 24.4 Å². The number of aromatic nitrogens is 1. The van der Waals surface area contributed by atoms with Crippen molar-refractivity contribution in [1.29, 1.82) is 0 Å². The van der Waals surface area contributed by atoms with Crippen LogP contribution in [0.1, 0.15) is 38.1 Å². The SMILES string of the molecule is CCOC(=O)C1=C(C)N=c2s/c(=C/c3ccc([N+](=O)[O-])o3)c(=O)n2[C@@H]1c1cccc(OC)c1OCC. The van der Waals surface area contributed by atoms with Gasteiger partial charge < -0.3 is 18.6 Å². The number of rotatable bonds is 8. The number of carbonyl (C=O) groups excluding carboxylic acids is 1. The number of esters is 1. The Morgan fingerprint density at radius 1 is 1.28 bits per heavy atom. The Balaban J connectivity index is 2.00. The second kappa shape index (κ2) is 10.2. The monoisotopic (exact) mass is 513 g/mol. The molecule has 0 spiro atoms. The summed E-state index contributed by atoms with van der Waals surface area (Å²) < 4.78 is 23.5.